The largest absolute Gasteiger partial charge is 0.349 e. The van der Waals surface area contributed by atoms with Gasteiger partial charge in [-0.25, -0.2) is 0 Å². The Kier molecular flexibility index (Phi) is 7.61. The van der Waals surface area contributed by atoms with Crippen LogP contribution in [-0.4, -0.2) is 23.9 Å². The first-order valence-corrected chi connectivity index (χ1v) is 11.2. The third-order valence-corrected chi connectivity index (χ3v) is 6.64. The molecular weight excluding hydrogens is 403 g/mol. The lowest BCUT2D eigenvalue weighted by Crippen LogP contribution is -2.41. The molecule has 1 heterocycles. The molecule has 0 aromatic heterocycles. The average molecular weight is 433 g/mol. The van der Waals surface area contributed by atoms with Gasteiger partial charge < -0.3 is 5.32 Å². The number of carbonyl (C=O) groups excluding carboxylic acids is 1. The number of amides is 1. The van der Waals surface area contributed by atoms with Crippen molar-refractivity contribution in [3.05, 3.63) is 68.7 Å². The molecule has 1 N–H and O–H groups in total. The van der Waals surface area contributed by atoms with Gasteiger partial charge in [0.1, 0.15) is 0 Å². The first-order chi connectivity index (χ1) is 13.9. The van der Waals surface area contributed by atoms with Crippen LogP contribution in [-0.2, 0) is 11.3 Å². The highest BCUT2D eigenvalue weighted by atomic mass is 35.5. The highest BCUT2D eigenvalue weighted by molar-refractivity contribution is 6.35. The fourth-order valence-electron chi connectivity index (χ4n) is 4.17. The second-order valence-corrected chi connectivity index (χ2v) is 8.89. The van der Waals surface area contributed by atoms with E-state index in [0.717, 1.165) is 44.5 Å². The predicted octanol–water partition coefficient (Wildman–Crippen LogP) is 6.09. The van der Waals surface area contributed by atoms with Crippen molar-refractivity contribution in [3.8, 4) is 0 Å². The van der Waals surface area contributed by atoms with Crippen LogP contribution in [0, 0.1) is 19.8 Å². The molecule has 1 fully saturated rings. The summed E-state index contributed by atoms with van der Waals surface area (Å²) >= 11 is 12.6. The third kappa shape index (κ3) is 5.53. The zero-order chi connectivity index (χ0) is 21.0. The van der Waals surface area contributed by atoms with Crippen molar-refractivity contribution >= 4 is 29.1 Å². The Labute approximate surface area is 184 Å². The summed E-state index contributed by atoms with van der Waals surface area (Å²) in [5.41, 5.74) is 4.68. The Morgan fingerprint density at radius 2 is 1.79 bits per heavy atom. The first-order valence-electron chi connectivity index (χ1n) is 10.4. The van der Waals surface area contributed by atoms with E-state index in [9.17, 15) is 4.79 Å². The van der Waals surface area contributed by atoms with E-state index in [2.05, 4.69) is 49.2 Å². The molecule has 0 saturated carbocycles. The maximum absolute atomic E-state index is 12.9. The summed E-state index contributed by atoms with van der Waals surface area (Å²) < 4.78 is 0. The molecule has 1 aliphatic rings. The van der Waals surface area contributed by atoms with Crippen molar-refractivity contribution in [3.63, 3.8) is 0 Å². The molecule has 1 aliphatic heterocycles. The van der Waals surface area contributed by atoms with Crippen molar-refractivity contribution < 1.29 is 4.79 Å². The Bertz CT molecular complexity index is 840. The maximum atomic E-state index is 12.9. The lowest BCUT2D eigenvalue weighted by Gasteiger charge is -2.32. The number of carbonyl (C=O) groups is 1. The van der Waals surface area contributed by atoms with Crippen LogP contribution in [0.1, 0.15) is 54.5 Å². The number of hydrogen-bond acceptors (Lipinski definition) is 2. The van der Waals surface area contributed by atoms with Gasteiger partial charge in [0.25, 0.3) is 0 Å². The van der Waals surface area contributed by atoms with Gasteiger partial charge in [0.05, 0.1) is 6.04 Å². The zero-order valence-electron chi connectivity index (χ0n) is 17.5. The fraction of sp³-hybridized carbons (Fsp3) is 0.458. The Morgan fingerprint density at radius 1 is 1.14 bits per heavy atom. The minimum absolute atomic E-state index is 0.0628. The molecule has 3 nitrogen and oxygen atoms in total. The van der Waals surface area contributed by atoms with Gasteiger partial charge in [0, 0.05) is 28.1 Å². The SMILES string of the molecule is CC[C@H](NC(=O)C1CCN(Cc2c(Cl)cccc2Cl)CC1)c1ccc(C)cc1C. The molecule has 0 spiro atoms. The van der Waals surface area contributed by atoms with Crippen LogP contribution in [0.4, 0.5) is 0 Å². The predicted molar refractivity (Wildman–Crippen MR) is 122 cm³/mol. The normalized spacial score (nSPS) is 16.6. The second-order valence-electron chi connectivity index (χ2n) is 8.08. The van der Waals surface area contributed by atoms with Gasteiger partial charge in [-0.05, 0) is 69.5 Å². The molecule has 1 atom stereocenters. The van der Waals surface area contributed by atoms with Gasteiger partial charge in [0.2, 0.25) is 5.91 Å². The van der Waals surface area contributed by atoms with Crippen molar-refractivity contribution in [1.29, 1.82) is 0 Å². The first kappa shape index (κ1) is 22.1. The van der Waals surface area contributed by atoms with Crippen molar-refractivity contribution in [2.75, 3.05) is 13.1 Å². The number of likely N-dealkylation sites (tertiary alicyclic amines) is 1. The minimum Gasteiger partial charge on any atom is -0.349 e. The summed E-state index contributed by atoms with van der Waals surface area (Å²) in [7, 11) is 0. The summed E-state index contributed by atoms with van der Waals surface area (Å²) in [5.74, 6) is 0.236. The van der Waals surface area contributed by atoms with Crippen molar-refractivity contribution in [2.24, 2.45) is 5.92 Å². The summed E-state index contributed by atoms with van der Waals surface area (Å²) in [6.07, 6.45) is 2.61. The number of nitrogens with zero attached hydrogens (tertiary/aromatic N) is 1. The Hall–Kier alpha value is -1.55. The maximum Gasteiger partial charge on any atom is 0.223 e. The average Bonchev–Trinajstić information content (AvgIpc) is 2.70. The van der Waals surface area contributed by atoms with E-state index in [-0.39, 0.29) is 17.9 Å². The lowest BCUT2D eigenvalue weighted by molar-refractivity contribution is -0.127. The van der Waals surface area contributed by atoms with Crippen LogP contribution in [0.3, 0.4) is 0 Å². The van der Waals surface area contributed by atoms with Crippen LogP contribution >= 0.6 is 23.2 Å². The highest BCUT2D eigenvalue weighted by Crippen LogP contribution is 2.28. The highest BCUT2D eigenvalue weighted by Gasteiger charge is 2.27. The van der Waals surface area contributed by atoms with E-state index in [4.69, 9.17) is 23.2 Å². The second kappa shape index (κ2) is 9.97. The van der Waals surface area contributed by atoms with Crippen LogP contribution in [0.2, 0.25) is 10.0 Å². The van der Waals surface area contributed by atoms with E-state index in [1.807, 2.05) is 18.2 Å². The Morgan fingerprint density at radius 3 is 2.38 bits per heavy atom. The molecule has 0 aliphatic carbocycles. The van der Waals surface area contributed by atoms with E-state index in [1.54, 1.807) is 0 Å². The van der Waals surface area contributed by atoms with E-state index >= 15 is 0 Å². The molecule has 2 aromatic rings. The summed E-state index contributed by atoms with van der Waals surface area (Å²) in [6.45, 7) is 8.82. The molecule has 156 valence electrons. The molecule has 5 heteroatoms. The topological polar surface area (TPSA) is 32.3 Å². The molecule has 1 saturated heterocycles. The summed E-state index contributed by atoms with van der Waals surface area (Å²) in [6, 6.07) is 12.1. The van der Waals surface area contributed by atoms with Gasteiger partial charge >= 0.3 is 0 Å². The number of rotatable bonds is 6. The molecule has 0 bridgehead atoms. The molecule has 3 rings (SSSR count). The molecule has 29 heavy (non-hydrogen) atoms. The summed E-state index contributed by atoms with van der Waals surface area (Å²) in [4.78, 5) is 15.3. The molecule has 0 radical (unpaired) electrons. The number of nitrogens with one attached hydrogen (secondary N) is 1. The number of hydrogen-bond donors (Lipinski definition) is 1. The van der Waals surface area contributed by atoms with Gasteiger partial charge in [-0.15, -0.1) is 0 Å². The molecular formula is C24H30Cl2N2O. The van der Waals surface area contributed by atoms with Crippen molar-refractivity contribution in [2.45, 2.75) is 52.6 Å². The van der Waals surface area contributed by atoms with Gasteiger partial charge in [0.15, 0.2) is 0 Å². The van der Waals surface area contributed by atoms with Crippen molar-refractivity contribution in [1.82, 2.24) is 10.2 Å². The number of benzene rings is 2. The monoisotopic (exact) mass is 432 g/mol. The van der Waals surface area contributed by atoms with Gasteiger partial charge in [-0.1, -0.05) is 60.0 Å². The van der Waals surface area contributed by atoms with Crippen LogP contribution in [0.5, 0.6) is 0 Å². The lowest BCUT2D eigenvalue weighted by atomic mass is 9.93. The van der Waals surface area contributed by atoms with Gasteiger partial charge in [-0.3, -0.25) is 9.69 Å². The van der Waals surface area contributed by atoms with Crippen LogP contribution in [0.15, 0.2) is 36.4 Å². The van der Waals surface area contributed by atoms with E-state index < -0.39 is 0 Å². The van der Waals surface area contributed by atoms with E-state index in [0.29, 0.717) is 10.0 Å². The molecule has 0 unspecified atom stereocenters. The minimum atomic E-state index is 0.0628. The fourth-order valence-corrected chi connectivity index (χ4v) is 4.68. The van der Waals surface area contributed by atoms with Gasteiger partial charge in [-0.2, -0.15) is 0 Å². The molecule has 1 amide bonds. The van der Waals surface area contributed by atoms with E-state index in [1.165, 1.54) is 16.7 Å². The van der Waals surface area contributed by atoms with Crippen LogP contribution in [0.25, 0.3) is 0 Å². The standard InChI is InChI=1S/C24H30Cl2N2O/c1-4-23(19-9-8-16(2)14-17(19)3)27-24(29)18-10-12-28(13-11-18)15-20-21(25)6-5-7-22(20)26/h5-9,14,18,23H,4,10-13,15H2,1-3H3,(H,27,29)/t23-/m0/s1. The quantitative estimate of drug-likeness (QED) is 0.598. The smallest absolute Gasteiger partial charge is 0.223 e. The molecule has 2 aromatic carbocycles. The third-order valence-electron chi connectivity index (χ3n) is 5.93. The summed E-state index contributed by atoms with van der Waals surface area (Å²) in [5, 5.41) is 4.71. The number of aryl methyl sites for hydroxylation is 2. The Balaban J connectivity index is 1.56. The number of halogens is 2. The van der Waals surface area contributed by atoms with Crippen LogP contribution < -0.4 is 5.32 Å². The zero-order valence-corrected chi connectivity index (χ0v) is 19.0. The number of piperidine rings is 1.